The Kier molecular flexibility index (Phi) is 7.59. The minimum Gasteiger partial charge on any atom is -0.494 e. The summed E-state index contributed by atoms with van der Waals surface area (Å²) in [7, 11) is 1.92. The molecule has 2 rings (SSSR count). The molecule has 1 fully saturated rings. The van der Waals surface area contributed by atoms with Crippen molar-refractivity contribution in [1.82, 2.24) is 15.2 Å². The Balaban J connectivity index is 2.00. The second-order valence-electron chi connectivity index (χ2n) is 8.76. The zero-order valence-electron chi connectivity index (χ0n) is 18.3. The van der Waals surface area contributed by atoms with Crippen LogP contribution in [0.1, 0.15) is 50.4 Å². The normalized spacial score (nSPS) is 16.9. The summed E-state index contributed by atoms with van der Waals surface area (Å²) < 4.78 is 5.40. The van der Waals surface area contributed by atoms with Crippen molar-refractivity contribution in [3.05, 3.63) is 28.0 Å². The first-order valence-electron chi connectivity index (χ1n) is 9.97. The van der Waals surface area contributed by atoms with Crippen LogP contribution in [0.5, 0.6) is 0 Å². The molecular weight excluding hydrogens is 388 g/mol. The average Bonchev–Trinajstić information content (AvgIpc) is 3.09. The molecule has 0 unspecified atom stereocenters. The van der Waals surface area contributed by atoms with E-state index < -0.39 is 11.0 Å². The predicted molar refractivity (Wildman–Crippen MR) is 117 cm³/mol. The number of likely N-dealkylation sites (N-methyl/N-ethyl adjacent to an activating group) is 1. The summed E-state index contributed by atoms with van der Waals surface area (Å²) in [6, 6.07) is 0. The van der Waals surface area contributed by atoms with Gasteiger partial charge in [0.1, 0.15) is 0 Å². The summed E-state index contributed by atoms with van der Waals surface area (Å²) in [6.45, 7) is 11.7. The molecule has 1 amide bonds. The topological polar surface area (TPSA) is 98.5 Å². The lowest BCUT2D eigenvalue weighted by Crippen LogP contribution is -2.54. The SMILES string of the molecule is Cc1ncc(C(C)(C)C(=N)/C=C(\O)NC(=O)C(C)(C)N(C)CC2CCOCC2)s1. The van der Waals surface area contributed by atoms with E-state index in [9.17, 15) is 9.90 Å². The zero-order chi connectivity index (χ0) is 21.8. The molecule has 1 aliphatic rings. The maximum atomic E-state index is 12.8. The van der Waals surface area contributed by atoms with Crippen molar-refractivity contribution in [3.8, 4) is 0 Å². The fraction of sp³-hybridized carbons (Fsp3) is 0.667. The van der Waals surface area contributed by atoms with E-state index in [1.54, 1.807) is 6.20 Å². The molecule has 162 valence electrons. The summed E-state index contributed by atoms with van der Waals surface area (Å²) >= 11 is 1.52. The number of carbonyl (C=O) groups excluding carboxylic acids is 1. The van der Waals surface area contributed by atoms with Crippen molar-refractivity contribution in [2.24, 2.45) is 5.92 Å². The molecule has 0 aliphatic carbocycles. The van der Waals surface area contributed by atoms with E-state index in [1.807, 2.05) is 46.6 Å². The summed E-state index contributed by atoms with van der Waals surface area (Å²) in [4.78, 5) is 20.0. The summed E-state index contributed by atoms with van der Waals surface area (Å²) in [5, 5.41) is 22.2. The number of nitrogens with one attached hydrogen (secondary N) is 2. The van der Waals surface area contributed by atoms with Gasteiger partial charge < -0.3 is 15.3 Å². The number of hydrogen-bond acceptors (Lipinski definition) is 7. The van der Waals surface area contributed by atoms with Crippen molar-refractivity contribution < 1.29 is 14.6 Å². The molecule has 1 saturated heterocycles. The number of aliphatic hydroxyl groups excluding tert-OH is 1. The summed E-state index contributed by atoms with van der Waals surface area (Å²) in [6.07, 6.45) is 5.06. The minimum atomic E-state index is -0.799. The Morgan fingerprint density at radius 2 is 2.03 bits per heavy atom. The van der Waals surface area contributed by atoms with E-state index in [4.69, 9.17) is 10.1 Å². The maximum absolute atomic E-state index is 12.8. The van der Waals surface area contributed by atoms with Crippen molar-refractivity contribution in [1.29, 1.82) is 5.41 Å². The van der Waals surface area contributed by atoms with E-state index >= 15 is 0 Å². The van der Waals surface area contributed by atoms with Crippen molar-refractivity contribution in [2.45, 2.75) is 58.4 Å². The van der Waals surface area contributed by atoms with Crippen LogP contribution >= 0.6 is 11.3 Å². The molecular formula is C21H34N4O3S. The molecule has 2 heterocycles. The highest BCUT2D eigenvalue weighted by atomic mass is 32.1. The fourth-order valence-electron chi connectivity index (χ4n) is 3.12. The van der Waals surface area contributed by atoms with Crippen LogP contribution in [0, 0.1) is 18.3 Å². The van der Waals surface area contributed by atoms with Crippen molar-refractivity contribution in [3.63, 3.8) is 0 Å². The highest BCUT2D eigenvalue weighted by Gasteiger charge is 2.34. The van der Waals surface area contributed by atoms with Gasteiger partial charge in [-0.3, -0.25) is 15.0 Å². The van der Waals surface area contributed by atoms with Gasteiger partial charge in [0.2, 0.25) is 5.91 Å². The van der Waals surface area contributed by atoms with Gasteiger partial charge in [-0.05, 0) is 60.4 Å². The van der Waals surface area contributed by atoms with Crippen LogP contribution in [0.25, 0.3) is 0 Å². The average molecular weight is 423 g/mol. The molecule has 8 heteroatoms. The van der Waals surface area contributed by atoms with Crippen LogP contribution in [0.15, 0.2) is 18.2 Å². The van der Waals surface area contributed by atoms with Gasteiger partial charge in [0.15, 0.2) is 5.88 Å². The van der Waals surface area contributed by atoms with Gasteiger partial charge in [-0.2, -0.15) is 0 Å². The second-order valence-corrected chi connectivity index (χ2v) is 10.00. The molecule has 0 saturated carbocycles. The number of hydrogen-bond donors (Lipinski definition) is 3. The molecule has 1 aromatic heterocycles. The lowest BCUT2D eigenvalue weighted by molar-refractivity contribution is -0.131. The Labute approximate surface area is 177 Å². The zero-order valence-corrected chi connectivity index (χ0v) is 19.2. The molecule has 3 N–H and O–H groups in total. The molecule has 29 heavy (non-hydrogen) atoms. The molecule has 0 radical (unpaired) electrons. The van der Waals surface area contributed by atoms with Gasteiger partial charge in [-0.1, -0.05) is 0 Å². The first kappa shape index (κ1) is 23.5. The second kappa shape index (κ2) is 9.36. The van der Waals surface area contributed by atoms with E-state index in [0.717, 1.165) is 42.5 Å². The molecule has 7 nitrogen and oxygen atoms in total. The highest BCUT2D eigenvalue weighted by molar-refractivity contribution is 7.11. The Morgan fingerprint density at radius 3 is 2.59 bits per heavy atom. The third kappa shape index (κ3) is 5.87. The Hall–Kier alpha value is -1.77. The number of aromatic nitrogens is 1. The van der Waals surface area contributed by atoms with Gasteiger partial charge in [-0.25, -0.2) is 4.98 Å². The van der Waals surface area contributed by atoms with Crippen LogP contribution in [0.3, 0.4) is 0 Å². The number of amides is 1. The van der Waals surface area contributed by atoms with E-state index in [1.165, 1.54) is 17.4 Å². The highest BCUT2D eigenvalue weighted by Crippen LogP contribution is 2.30. The van der Waals surface area contributed by atoms with Crippen LogP contribution in [-0.4, -0.2) is 59.0 Å². The standard InChI is InChI=1S/C21H34N4O3S/c1-14-23-12-17(29-14)20(2,3)16(22)11-18(26)24-19(27)21(4,5)25(6)13-15-7-9-28-10-8-15/h11-12,15,22,26H,7-10,13H2,1-6H3,(H,24,27)/b18-11-,22-16?. The number of allylic oxidation sites excluding steroid dienone is 1. The minimum absolute atomic E-state index is 0.201. The van der Waals surface area contributed by atoms with E-state index in [-0.39, 0.29) is 17.5 Å². The first-order valence-corrected chi connectivity index (χ1v) is 10.8. The summed E-state index contributed by atoms with van der Waals surface area (Å²) in [5.74, 6) is -0.122. The molecule has 0 atom stereocenters. The number of carbonyl (C=O) groups is 1. The van der Waals surface area contributed by atoms with Crippen LogP contribution < -0.4 is 5.32 Å². The van der Waals surface area contributed by atoms with Gasteiger partial charge >= 0.3 is 0 Å². The number of thiazole rings is 1. The Bertz CT molecular complexity index is 764. The number of aryl methyl sites for hydroxylation is 1. The predicted octanol–water partition coefficient (Wildman–Crippen LogP) is 3.40. The van der Waals surface area contributed by atoms with E-state index in [0.29, 0.717) is 5.92 Å². The van der Waals surface area contributed by atoms with E-state index in [2.05, 4.69) is 10.3 Å². The Morgan fingerprint density at radius 1 is 1.41 bits per heavy atom. The molecule has 0 bridgehead atoms. The van der Waals surface area contributed by atoms with Crippen LogP contribution in [0.4, 0.5) is 0 Å². The third-order valence-electron chi connectivity index (χ3n) is 5.82. The fourth-order valence-corrected chi connectivity index (χ4v) is 4.02. The first-order chi connectivity index (χ1) is 13.4. The molecule has 1 aromatic rings. The number of nitrogens with zero attached hydrogens (tertiary/aromatic N) is 2. The largest absolute Gasteiger partial charge is 0.494 e. The maximum Gasteiger partial charge on any atom is 0.246 e. The smallest absolute Gasteiger partial charge is 0.246 e. The number of rotatable bonds is 8. The molecule has 1 aliphatic heterocycles. The summed E-state index contributed by atoms with van der Waals surface area (Å²) in [5.41, 5.74) is -1.21. The van der Waals surface area contributed by atoms with Crippen molar-refractivity contribution >= 4 is 23.0 Å². The van der Waals surface area contributed by atoms with Gasteiger partial charge in [0, 0.05) is 48.0 Å². The van der Waals surface area contributed by atoms with Gasteiger partial charge in [0.05, 0.1) is 10.5 Å². The van der Waals surface area contributed by atoms with Crippen LogP contribution in [0.2, 0.25) is 0 Å². The third-order valence-corrected chi connectivity index (χ3v) is 7.05. The van der Waals surface area contributed by atoms with Gasteiger partial charge in [-0.15, -0.1) is 11.3 Å². The number of ether oxygens (including phenoxy) is 1. The van der Waals surface area contributed by atoms with Gasteiger partial charge in [0.25, 0.3) is 0 Å². The lowest BCUT2D eigenvalue weighted by atomic mass is 9.86. The lowest BCUT2D eigenvalue weighted by Gasteiger charge is -2.37. The quantitative estimate of drug-likeness (QED) is 0.440. The van der Waals surface area contributed by atoms with Crippen molar-refractivity contribution in [2.75, 3.05) is 26.8 Å². The van der Waals surface area contributed by atoms with Crippen LogP contribution in [-0.2, 0) is 14.9 Å². The number of aliphatic hydroxyl groups is 1. The monoisotopic (exact) mass is 422 g/mol. The molecule has 0 aromatic carbocycles. The molecule has 0 spiro atoms.